The molecule has 1 aliphatic heterocycles. The lowest BCUT2D eigenvalue weighted by molar-refractivity contribution is 0.0730. The number of anilines is 1. The molecule has 0 spiro atoms. The molecule has 0 bridgehead atoms. The summed E-state index contributed by atoms with van der Waals surface area (Å²) < 4.78 is 32.7. The number of aromatic amines is 1. The molecule has 0 radical (unpaired) electrons. The van der Waals surface area contributed by atoms with Crippen molar-refractivity contribution in [3.63, 3.8) is 0 Å². The minimum absolute atomic E-state index is 0.0232. The minimum Gasteiger partial charge on any atom is -0.379 e. The molecule has 0 saturated carbocycles. The maximum Gasteiger partial charge on any atom is 0.257 e. The monoisotopic (exact) mass is 472 g/mol. The van der Waals surface area contributed by atoms with E-state index in [2.05, 4.69) is 16.4 Å². The number of aryl methyl sites for hydroxylation is 1. The van der Waals surface area contributed by atoms with Crippen LogP contribution in [-0.4, -0.2) is 49.9 Å². The van der Waals surface area contributed by atoms with Crippen LogP contribution in [0.1, 0.15) is 27.7 Å². The lowest BCUT2D eigenvalue weighted by atomic mass is 10.1. The number of amides is 1. The molecule has 2 N–H and O–H groups in total. The fourth-order valence-corrected chi connectivity index (χ4v) is 5.86. The van der Waals surface area contributed by atoms with Gasteiger partial charge in [-0.05, 0) is 30.7 Å². The van der Waals surface area contributed by atoms with Crippen LogP contribution in [0.3, 0.4) is 0 Å². The number of pyridine rings is 1. The highest BCUT2D eigenvalue weighted by Gasteiger charge is 2.27. The average Bonchev–Trinajstić information content (AvgIpc) is 3.20. The van der Waals surface area contributed by atoms with Crippen LogP contribution in [0, 0.1) is 11.3 Å². The van der Waals surface area contributed by atoms with Crippen molar-refractivity contribution in [1.29, 1.82) is 5.26 Å². The Kier molecular flexibility index (Phi) is 6.12. The second-order valence-corrected chi connectivity index (χ2v) is 10.2. The molecule has 166 valence electrons. The van der Waals surface area contributed by atoms with E-state index in [4.69, 9.17) is 4.74 Å². The van der Waals surface area contributed by atoms with Gasteiger partial charge in [0, 0.05) is 34.9 Å². The van der Waals surface area contributed by atoms with Gasteiger partial charge >= 0.3 is 0 Å². The second-order valence-electron chi connectivity index (χ2n) is 7.15. The summed E-state index contributed by atoms with van der Waals surface area (Å²) in [5, 5.41) is 12.7. The van der Waals surface area contributed by atoms with Crippen LogP contribution in [0.4, 0.5) is 5.00 Å². The van der Waals surface area contributed by atoms with Gasteiger partial charge in [-0.2, -0.15) is 9.57 Å². The molecule has 1 fully saturated rings. The third-order valence-electron chi connectivity index (χ3n) is 5.15. The van der Waals surface area contributed by atoms with Gasteiger partial charge in [-0.25, -0.2) is 8.42 Å². The Bertz CT molecular complexity index is 1400. The molecule has 1 aliphatic rings. The lowest BCUT2D eigenvalue weighted by Crippen LogP contribution is -2.40. The molecule has 11 heteroatoms. The molecule has 0 aliphatic carbocycles. The second kappa shape index (κ2) is 8.84. The van der Waals surface area contributed by atoms with Crippen molar-refractivity contribution < 1.29 is 17.9 Å². The topological polar surface area (TPSA) is 132 Å². The van der Waals surface area contributed by atoms with Gasteiger partial charge < -0.3 is 15.0 Å². The number of nitriles is 1. The van der Waals surface area contributed by atoms with E-state index in [0.29, 0.717) is 41.1 Å². The average molecular weight is 473 g/mol. The van der Waals surface area contributed by atoms with E-state index < -0.39 is 21.5 Å². The molecule has 1 saturated heterocycles. The fraction of sp³-hybridized carbons (Fsp3) is 0.286. The van der Waals surface area contributed by atoms with E-state index in [1.54, 1.807) is 6.07 Å². The number of hydrogen-bond acceptors (Lipinski definition) is 7. The molecule has 2 aromatic heterocycles. The summed E-state index contributed by atoms with van der Waals surface area (Å²) in [5.74, 6) is -0.594. The maximum absolute atomic E-state index is 13.1. The van der Waals surface area contributed by atoms with Gasteiger partial charge in [-0.1, -0.05) is 6.92 Å². The zero-order chi connectivity index (χ0) is 22.9. The number of ether oxygens (including phenoxy) is 1. The summed E-state index contributed by atoms with van der Waals surface area (Å²) in [4.78, 5) is 28.8. The minimum atomic E-state index is -3.79. The van der Waals surface area contributed by atoms with Crippen LogP contribution < -0.4 is 10.9 Å². The summed E-state index contributed by atoms with van der Waals surface area (Å²) in [6.45, 7) is 3.06. The molecule has 0 atom stereocenters. The number of sulfonamides is 1. The Morgan fingerprint density at radius 3 is 2.72 bits per heavy atom. The molecule has 0 unspecified atom stereocenters. The van der Waals surface area contributed by atoms with Gasteiger partial charge in [0.25, 0.3) is 5.91 Å². The van der Waals surface area contributed by atoms with Crippen LogP contribution in [0.5, 0.6) is 0 Å². The van der Waals surface area contributed by atoms with E-state index in [0.717, 1.165) is 10.9 Å². The van der Waals surface area contributed by atoms with Crippen LogP contribution in [0.2, 0.25) is 0 Å². The number of rotatable bonds is 5. The fourth-order valence-electron chi connectivity index (χ4n) is 3.48. The molecule has 9 nitrogen and oxygen atoms in total. The van der Waals surface area contributed by atoms with Crippen LogP contribution in [0.25, 0.3) is 10.9 Å². The molecule has 4 rings (SSSR count). The number of nitrogens with one attached hydrogen (secondary N) is 2. The number of fused-ring (bicyclic) bond motifs is 1. The Morgan fingerprint density at radius 1 is 1.28 bits per heavy atom. The SMILES string of the molecule is CCc1cc(C#N)c(NC(=O)c2cc(=O)[nH]c3ccc(S(=O)(=O)N4CCOCC4)cc23)s1. The van der Waals surface area contributed by atoms with Crippen LogP contribution >= 0.6 is 11.3 Å². The van der Waals surface area contributed by atoms with Crippen molar-refractivity contribution in [2.24, 2.45) is 0 Å². The normalized spacial score (nSPS) is 14.9. The third kappa shape index (κ3) is 4.18. The van der Waals surface area contributed by atoms with Crippen LogP contribution in [0.15, 0.2) is 40.0 Å². The number of H-pyrrole nitrogens is 1. The number of morpholine rings is 1. The van der Waals surface area contributed by atoms with Crippen molar-refractivity contribution in [3.8, 4) is 6.07 Å². The van der Waals surface area contributed by atoms with Crippen molar-refractivity contribution in [2.75, 3.05) is 31.6 Å². The zero-order valence-electron chi connectivity index (χ0n) is 17.2. The highest BCUT2D eigenvalue weighted by atomic mass is 32.2. The summed E-state index contributed by atoms with van der Waals surface area (Å²) in [7, 11) is -3.79. The number of thiophene rings is 1. The maximum atomic E-state index is 13.1. The van der Waals surface area contributed by atoms with E-state index >= 15 is 0 Å². The van der Waals surface area contributed by atoms with Gasteiger partial charge in [0.15, 0.2) is 0 Å². The first-order chi connectivity index (χ1) is 15.3. The smallest absolute Gasteiger partial charge is 0.257 e. The summed E-state index contributed by atoms with van der Waals surface area (Å²) in [5.41, 5.74) is 0.208. The van der Waals surface area contributed by atoms with Gasteiger partial charge in [-0.3, -0.25) is 9.59 Å². The zero-order valence-corrected chi connectivity index (χ0v) is 18.8. The van der Waals surface area contributed by atoms with Crippen molar-refractivity contribution in [2.45, 2.75) is 18.2 Å². The molecule has 32 heavy (non-hydrogen) atoms. The lowest BCUT2D eigenvalue weighted by Gasteiger charge is -2.26. The van der Waals surface area contributed by atoms with Gasteiger partial charge in [-0.15, -0.1) is 11.3 Å². The molecular weight excluding hydrogens is 452 g/mol. The summed E-state index contributed by atoms with van der Waals surface area (Å²) >= 11 is 1.29. The molecule has 3 aromatic rings. The first-order valence-corrected chi connectivity index (χ1v) is 12.2. The number of nitrogens with zero attached hydrogens (tertiary/aromatic N) is 2. The van der Waals surface area contributed by atoms with E-state index in [1.165, 1.54) is 33.8 Å². The number of benzene rings is 1. The molecule has 3 heterocycles. The van der Waals surface area contributed by atoms with Crippen molar-refractivity contribution in [1.82, 2.24) is 9.29 Å². The predicted octanol–water partition coefficient (Wildman–Crippen LogP) is 2.30. The standard InChI is InChI=1S/C21H20N4O5S2/c1-2-14-9-13(12-22)21(31-14)24-20(27)17-11-19(26)23-18-4-3-15(10-16(17)18)32(28,29)25-5-7-30-8-6-25/h3-4,9-11H,2,5-8H2,1H3,(H,23,26)(H,24,27). The number of aromatic nitrogens is 1. The van der Waals surface area contributed by atoms with E-state index in [1.807, 2.05) is 6.92 Å². The van der Waals surface area contributed by atoms with Crippen molar-refractivity contribution in [3.05, 3.63) is 56.7 Å². The predicted molar refractivity (Wildman–Crippen MR) is 121 cm³/mol. The number of carbonyl (C=O) groups excluding carboxylic acids is 1. The quantitative estimate of drug-likeness (QED) is 0.586. The number of carbonyl (C=O) groups is 1. The first kappa shape index (κ1) is 22.2. The summed E-state index contributed by atoms with van der Waals surface area (Å²) in [6, 6.07) is 9.17. The Balaban J connectivity index is 1.76. The first-order valence-electron chi connectivity index (χ1n) is 9.92. The van der Waals surface area contributed by atoms with Crippen LogP contribution in [-0.2, 0) is 21.2 Å². The Hall–Kier alpha value is -3.04. The summed E-state index contributed by atoms with van der Waals surface area (Å²) in [6.07, 6.45) is 0.714. The van der Waals surface area contributed by atoms with E-state index in [-0.39, 0.29) is 23.5 Å². The van der Waals surface area contributed by atoms with Gasteiger partial charge in [0.2, 0.25) is 15.6 Å². The van der Waals surface area contributed by atoms with Gasteiger partial charge in [0.1, 0.15) is 11.1 Å². The third-order valence-corrected chi connectivity index (χ3v) is 8.24. The van der Waals surface area contributed by atoms with Gasteiger partial charge in [0.05, 0.1) is 29.2 Å². The highest BCUT2D eigenvalue weighted by Crippen LogP contribution is 2.29. The Labute approximate surface area is 188 Å². The van der Waals surface area contributed by atoms with Crippen molar-refractivity contribution >= 4 is 43.2 Å². The van der Waals surface area contributed by atoms with E-state index in [9.17, 15) is 23.3 Å². The molecule has 1 amide bonds. The molecular formula is C21H20N4O5S2. The highest BCUT2D eigenvalue weighted by molar-refractivity contribution is 7.89. The number of hydrogen-bond donors (Lipinski definition) is 2. The largest absolute Gasteiger partial charge is 0.379 e. The molecule has 1 aromatic carbocycles. The Morgan fingerprint density at radius 2 is 2.03 bits per heavy atom.